The largest absolute Gasteiger partial charge is 0.508 e. The maximum atomic E-state index is 9.49. The standard InChI is InChI=1S/C14H19N3O/c1-14(11-15,17-7-5-16-6-8-17)10-12-3-2-4-13(18)9-12/h2-4,9,16,18H,5-8,10H2,1H3. The molecule has 1 aliphatic rings. The average molecular weight is 245 g/mol. The maximum absolute atomic E-state index is 9.49. The zero-order valence-electron chi connectivity index (χ0n) is 10.7. The minimum Gasteiger partial charge on any atom is -0.508 e. The van der Waals surface area contributed by atoms with Crippen LogP contribution in [0.5, 0.6) is 5.75 Å². The van der Waals surface area contributed by atoms with E-state index >= 15 is 0 Å². The summed E-state index contributed by atoms with van der Waals surface area (Å²) >= 11 is 0. The van der Waals surface area contributed by atoms with E-state index in [-0.39, 0.29) is 5.75 Å². The summed E-state index contributed by atoms with van der Waals surface area (Å²) in [7, 11) is 0. The van der Waals surface area contributed by atoms with Crippen LogP contribution in [0.4, 0.5) is 0 Å². The van der Waals surface area contributed by atoms with Gasteiger partial charge in [-0.2, -0.15) is 5.26 Å². The van der Waals surface area contributed by atoms with Gasteiger partial charge in [0.15, 0.2) is 0 Å². The van der Waals surface area contributed by atoms with E-state index < -0.39 is 5.54 Å². The monoisotopic (exact) mass is 245 g/mol. The first kappa shape index (κ1) is 12.9. The molecule has 1 saturated heterocycles. The molecule has 0 radical (unpaired) electrons. The maximum Gasteiger partial charge on any atom is 0.115 e. The number of nitrogens with one attached hydrogen (secondary N) is 1. The van der Waals surface area contributed by atoms with E-state index in [1.807, 2.05) is 19.1 Å². The van der Waals surface area contributed by atoms with Gasteiger partial charge in [-0.1, -0.05) is 12.1 Å². The SMILES string of the molecule is CC(C#N)(Cc1cccc(O)c1)N1CCNCC1. The molecule has 1 atom stereocenters. The molecular formula is C14H19N3O. The zero-order chi connectivity index (χ0) is 13.0. The van der Waals surface area contributed by atoms with Gasteiger partial charge in [0, 0.05) is 32.6 Å². The summed E-state index contributed by atoms with van der Waals surface area (Å²) in [4.78, 5) is 2.22. The van der Waals surface area contributed by atoms with Crippen molar-refractivity contribution in [3.05, 3.63) is 29.8 Å². The quantitative estimate of drug-likeness (QED) is 0.838. The van der Waals surface area contributed by atoms with Crippen LogP contribution in [0.2, 0.25) is 0 Å². The van der Waals surface area contributed by atoms with Crippen LogP contribution in [0.3, 0.4) is 0 Å². The van der Waals surface area contributed by atoms with Gasteiger partial charge in [-0.25, -0.2) is 0 Å². The van der Waals surface area contributed by atoms with Crippen molar-refractivity contribution in [2.45, 2.75) is 18.9 Å². The smallest absolute Gasteiger partial charge is 0.115 e. The second kappa shape index (κ2) is 5.38. The molecule has 0 spiro atoms. The molecule has 0 aliphatic carbocycles. The number of aromatic hydroxyl groups is 1. The van der Waals surface area contributed by atoms with E-state index in [0.29, 0.717) is 6.42 Å². The van der Waals surface area contributed by atoms with Crippen LogP contribution in [-0.4, -0.2) is 41.7 Å². The van der Waals surface area contributed by atoms with Gasteiger partial charge in [0.2, 0.25) is 0 Å². The Kier molecular flexibility index (Phi) is 3.85. The van der Waals surface area contributed by atoms with Gasteiger partial charge >= 0.3 is 0 Å². The Morgan fingerprint density at radius 2 is 2.17 bits per heavy atom. The van der Waals surface area contributed by atoms with Crippen molar-refractivity contribution in [3.63, 3.8) is 0 Å². The summed E-state index contributed by atoms with van der Waals surface area (Å²) in [5.41, 5.74) is 0.494. The van der Waals surface area contributed by atoms with Crippen LogP contribution in [0.1, 0.15) is 12.5 Å². The van der Waals surface area contributed by atoms with Crippen molar-refractivity contribution in [3.8, 4) is 11.8 Å². The lowest BCUT2D eigenvalue weighted by Crippen LogP contribution is -2.55. The number of rotatable bonds is 3. The number of phenols is 1. The number of nitriles is 1. The fraction of sp³-hybridized carbons (Fsp3) is 0.500. The number of nitrogens with zero attached hydrogens (tertiary/aromatic N) is 2. The molecule has 2 N–H and O–H groups in total. The summed E-state index contributed by atoms with van der Waals surface area (Å²) in [5.74, 6) is 0.258. The highest BCUT2D eigenvalue weighted by molar-refractivity contribution is 5.30. The lowest BCUT2D eigenvalue weighted by Gasteiger charge is -2.38. The van der Waals surface area contributed by atoms with Crippen molar-refractivity contribution in [2.75, 3.05) is 26.2 Å². The highest BCUT2D eigenvalue weighted by atomic mass is 16.3. The highest BCUT2D eigenvalue weighted by Crippen LogP contribution is 2.22. The van der Waals surface area contributed by atoms with E-state index in [4.69, 9.17) is 0 Å². The Bertz CT molecular complexity index is 449. The number of hydrogen-bond donors (Lipinski definition) is 2. The van der Waals surface area contributed by atoms with Gasteiger partial charge < -0.3 is 10.4 Å². The molecule has 0 amide bonds. The fourth-order valence-corrected chi connectivity index (χ4v) is 2.44. The summed E-state index contributed by atoms with van der Waals surface area (Å²) in [6.07, 6.45) is 0.637. The molecule has 4 heteroatoms. The second-order valence-corrected chi connectivity index (χ2v) is 4.97. The zero-order valence-corrected chi connectivity index (χ0v) is 10.7. The minimum atomic E-state index is -0.504. The van der Waals surface area contributed by atoms with Crippen LogP contribution >= 0.6 is 0 Å². The molecule has 1 aliphatic heterocycles. The first-order chi connectivity index (χ1) is 8.64. The molecule has 0 bridgehead atoms. The van der Waals surface area contributed by atoms with Gasteiger partial charge in [0.05, 0.1) is 6.07 Å². The van der Waals surface area contributed by atoms with Gasteiger partial charge in [0.25, 0.3) is 0 Å². The topological polar surface area (TPSA) is 59.3 Å². The number of hydrogen-bond acceptors (Lipinski definition) is 4. The third kappa shape index (κ3) is 2.81. The predicted octanol–water partition coefficient (Wildman–Crippen LogP) is 1.12. The molecule has 4 nitrogen and oxygen atoms in total. The van der Waals surface area contributed by atoms with Gasteiger partial charge in [0.1, 0.15) is 11.3 Å². The Morgan fingerprint density at radius 3 is 2.78 bits per heavy atom. The minimum absolute atomic E-state index is 0.258. The molecule has 1 fully saturated rings. The molecule has 2 rings (SSSR count). The summed E-state index contributed by atoms with van der Waals surface area (Å²) < 4.78 is 0. The molecule has 96 valence electrons. The second-order valence-electron chi connectivity index (χ2n) is 4.97. The van der Waals surface area contributed by atoms with E-state index in [1.165, 1.54) is 0 Å². The van der Waals surface area contributed by atoms with Gasteiger partial charge in [-0.05, 0) is 24.6 Å². The van der Waals surface area contributed by atoms with Crippen LogP contribution in [0.15, 0.2) is 24.3 Å². The van der Waals surface area contributed by atoms with E-state index in [0.717, 1.165) is 31.7 Å². The molecule has 18 heavy (non-hydrogen) atoms. The first-order valence-electron chi connectivity index (χ1n) is 6.29. The summed E-state index contributed by atoms with van der Waals surface area (Å²) in [6.45, 7) is 5.61. The molecular weight excluding hydrogens is 226 g/mol. The third-order valence-corrected chi connectivity index (χ3v) is 3.51. The van der Waals surface area contributed by atoms with E-state index in [9.17, 15) is 10.4 Å². The third-order valence-electron chi connectivity index (χ3n) is 3.51. The lowest BCUT2D eigenvalue weighted by molar-refractivity contribution is 0.132. The van der Waals surface area contributed by atoms with Crippen LogP contribution < -0.4 is 5.32 Å². The predicted molar refractivity (Wildman–Crippen MR) is 70.3 cm³/mol. The molecule has 1 unspecified atom stereocenters. The fourth-order valence-electron chi connectivity index (χ4n) is 2.44. The van der Waals surface area contributed by atoms with E-state index in [1.54, 1.807) is 12.1 Å². The molecule has 0 aromatic heterocycles. The van der Waals surface area contributed by atoms with Crippen molar-refractivity contribution >= 4 is 0 Å². The van der Waals surface area contributed by atoms with Crippen molar-refractivity contribution in [2.24, 2.45) is 0 Å². The molecule has 1 aromatic rings. The Morgan fingerprint density at radius 1 is 1.44 bits per heavy atom. The first-order valence-corrected chi connectivity index (χ1v) is 6.29. The molecule has 1 heterocycles. The van der Waals surface area contributed by atoms with Gasteiger partial charge in [-0.3, -0.25) is 4.90 Å². The van der Waals surface area contributed by atoms with Gasteiger partial charge in [-0.15, -0.1) is 0 Å². The average Bonchev–Trinajstić information content (AvgIpc) is 2.39. The van der Waals surface area contributed by atoms with Crippen molar-refractivity contribution in [1.29, 1.82) is 5.26 Å². The summed E-state index contributed by atoms with van der Waals surface area (Å²) in [6, 6.07) is 9.59. The highest BCUT2D eigenvalue weighted by Gasteiger charge is 2.32. The Balaban J connectivity index is 2.15. The normalized spacial score (nSPS) is 20.0. The summed E-state index contributed by atoms with van der Waals surface area (Å²) in [5, 5.41) is 22.3. The van der Waals surface area contributed by atoms with Crippen LogP contribution in [-0.2, 0) is 6.42 Å². The lowest BCUT2D eigenvalue weighted by atomic mass is 9.91. The Labute approximate surface area is 108 Å². The molecule has 0 saturated carbocycles. The molecule has 1 aromatic carbocycles. The van der Waals surface area contributed by atoms with Crippen molar-refractivity contribution < 1.29 is 5.11 Å². The van der Waals surface area contributed by atoms with E-state index in [2.05, 4.69) is 16.3 Å². The van der Waals surface area contributed by atoms with Crippen molar-refractivity contribution in [1.82, 2.24) is 10.2 Å². The number of phenolic OH excluding ortho intramolecular Hbond substituents is 1. The van der Waals surface area contributed by atoms with Crippen LogP contribution in [0.25, 0.3) is 0 Å². The number of benzene rings is 1. The Hall–Kier alpha value is -1.57. The number of piperazine rings is 1. The van der Waals surface area contributed by atoms with Crippen LogP contribution in [0, 0.1) is 11.3 Å².